The van der Waals surface area contributed by atoms with Gasteiger partial charge in [0.2, 0.25) is 0 Å². The highest BCUT2D eigenvalue weighted by atomic mass is 32.1. The summed E-state index contributed by atoms with van der Waals surface area (Å²) >= 11 is 1.63. The van der Waals surface area contributed by atoms with Crippen LogP contribution in [0.2, 0.25) is 18.1 Å². The first-order valence-electron chi connectivity index (χ1n) is 8.64. The van der Waals surface area contributed by atoms with E-state index >= 15 is 0 Å². The minimum Gasteiger partial charge on any atom is -0.411 e. The van der Waals surface area contributed by atoms with Crippen LogP contribution >= 0.6 is 11.3 Å². The largest absolute Gasteiger partial charge is 0.411 e. The van der Waals surface area contributed by atoms with Crippen LogP contribution < -0.4 is 0 Å². The molecule has 0 aliphatic heterocycles. The molecule has 0 aromatic carbocycles. The maximum Gasteiger partial charge on any atom is 0.196 e. The van der Waals surface area contributed by atoms with Crippen LogP contribution in [-0.4, -0.2) is 22.9 Å². The number of hydrogen-bond donors (Lipinski definition) is 0. The average molecular weight is 374 g/mol. The fourth-order valence-corrected chi connectivity index (χ4v) is 4.48. The van der Waals surface area contributed by atoms with Gasteiger partial charge < -0.3 is 4.43 Å². The zero-order valence-electron chi connectivity index (χ0n) is 16.2. The fourth-order valence-electron chi connectivity index (χ4n) is 2.46. The van der Waals surface area contributed by atoms with Crippen molar-refractivity contribution in [3.63, 3.8) is 0 Å². The predicted octanol–water partition coefficient (Wildman–Crippen LogP) is 5.62. The summed E-state index contributed by atoms with van der Waals surface area (Å²) in [5.74, 6) is 0. The van der Waals surface area contributed by atoms with Crippen LogP contribution in [0.15, 0.2) is 24.3 Å². The Morgan fingerprint density at radius 3 is 2.28 bits per heavy atom. The quantitative estimate of drug-likeness (QED) is 0.557. The number of thiazole rings is 1. The number of aromatic nitrogens is 3. The van der Waals surface area contributed by atoms with Crippen molar-refractivity contribution in [3.05, 3.63) is 41.3 Å². The minimum absolute atomic E-state index is 0.207. The molecular formula is C19H27N3OSSi. The van der Waals surface area contributed by atoms with Gasteiger partial charge in [-0.25, -0.2) is 9.97 Å². The van der Waals surface area contributed by atoms with Crippen molar-refractivity contribution < 1.29 is 4.43 Å². The topological polar surface area (TPSA) is 39.9 Å². The third-order valence-corrected chi connectivity index (χ3v) is 10.6. The van der Waals surface area contributed by atoms with E-state index in [2.05, 4.69) is 70.5 Å². The van der Waals surface area contributed by atoms with Gasteiger partial charge in [-0.15, -0.1) is 0 Å². The zero-order chi connectivity index (χ0) is 18.4. The molecule has 3 rings (SSSR count). The highest BCUT2D eigenvalue weighted by Crippen LogP contribution is 2.37. The molecule has 0 aliphatic carbocycles. The monoisotopic (exact) mass is 373 g/mol. The Morgan fingerprint density at radius 2 is 1.68 bits per heavy atom. The number of nitrogens with zero attached hydrogens (tertiary/aromatic N) is 3. The molecule has 3 aromatic rings. The summed E-state index contributed by atoms with van der Waals surface area (Å²) in [7, 11) is -1.76. The van der Waals surface area contributed by atoms with Crippen molar-refractivity contribution in [2.24, 2.45) is 0 Å². The minimum atomic E-state index is -1.76. The second kappa shape index (κ2) is 6.34. The SMILES string of the molecule is Cc1ccc(C)n1-c1nc2ccc(CO[Si](C)(C)C(C)(C)C)nc2s1. The smallest absolute Gasteiger partial charge is 0.196 e. The summed E-state index contributed by atoms with van der Waals surface area (Å²) in [5, 5.41) is 1.18. The molecule has 0 radical (unpaired) electrons. The second-order valence-electron chi connectivity index (χ2n) is 8.12. The highest BCUT2D eigenvalue weighted by molar-refractivity contribution is 7.20. The van der Waals surface area contributed by atoms with E-state index < -0.39 is 8.32 Å². The molecule has 3 heterocycles. The van der Waals surface area contributed by atoms with E-state index in [0.29, 0.717) is 6.61 Å². The van der Waals surface area contributed by atoms with Crippen LogP contribution in [0.1, 0.15) is 37.9 Å². The Labute approximate surface area is 155 Å². The third kappa shape index (κ3) is 3.56. The molecular weight excluding hydrogens is 346 g/mol. The Bertz CT molecular complexity index is 886. The zero-order valence-corrected chi connectivity index (χ0v) is 18.0. The van der Waals surface area contributed by atoms with E-state index in [1.54, 1.807) is 11.3 Å². The molecule has 0 amide bonds. The molecule has 4 nitrogen and oxygen atoms in total. The molecule has 134 valence electrons. The molecule has 0 saturated carbocycles. The summed E-state index contributed by atoms with van der Waals surface area (Å²) in [4.78, 5) is 10.5. The van der Waals surface area contributed by atoms with Crippen molar-refractivity contribution in [1.29, 1.82) is 0 Å². The number of pyridine rings is 1. The highest BCUT2D eigenvalue weighted by Gasteiger charge is 2.37. The van der Waals surface area contributed by atoms with Gasteiger partial charge in [0.05, 0.1) is 12.3 Å². The fraction of sp³-hybridized carbons (Fsp3) is 0.474. The van der Waals surface area contributed by atoms with Crippen molar-refractivity contribution >= 4 is 30.0 Å². The molecule has 0 atom stereocenters. The molecule has 0 bridgehead atoms. The van der Waals surface area contributed by atoms with Crippen molar-refractivity contribution in [3.8, 4) is 5.13 Å². The number of aryl methyl sites for hydroxylation is 2. The lowest BCUT2D eigenvalue weighted by molar-refractivity contribution is 0.272. The summed E-state index contributed by atoms with van der Waals surface area (Å²) in [6.07, 6.45) is 0. The van der Waals surface area contributed by atoms with Crippen LogP contribution in [0, 0.1) is 13.8 Å². The molecule has 0 fully saturated rings. The summed E-state index contributed by atoms with van der Waals surface area (Å²) in [5.41, 5.74) is 4.31. The Hall–Kier alpha value is -1.50. The first-order valence-corrected chi connectivity index (χ1v) is 12.4. The van der Waals surface area contributed by atoms with Gasteiger partial charge in [0.15, 0.2) is 13.4 Å². The van der Waals surface area contributed by atoms with E-state index in [-0.39, 0.29) is 5.04 Å². The van der Waals surface area contributed by atoms with Gasteiger partial charge in [-0.3, -0.25) is 4.57 Å². The first kappa shape index (κ1) is 18.3. The first-order chi connectivity index (χ1) is 11.6. The lowest BCUT2D eigenvalue weighted by Gasteiger charge is -2.36. The average Bonchev–Trinajstić information content (AvgIpc) is 3.06. The molecule has 0 aliphatic rings. The van der Waals surface area contributed by atoms with Gasteiger partial charge in [-0.05, 0) is 56.2 Å². The van der Waals surface area contributed by atoms with Gasteiger partial charge in [0, 0.05) is 11.4 Å². The van der Waals surface area contributed by atoms with Gasteiger partial charge in [0.1, 0.15) is 10.3 Å². The van der Waals surface area contributed by atoms with E-state index in [4.69, 9.17) is 14.4 Å². The van der Waals surface area contributed by atoms with Gasteiger partial charge >= 0.3 is 0 Å². The van der Waals surface area contributed by atoms with Crippen LogP contribution in [0.25, 0.3) is 15.5 Å². The lowest BCUT2D eigenvalue weighted by atomic mass is 10.2. The Kier molecular flexibility index (Phi) is 4.64. The van der Waals surface area contributed by atoms with Gasteiger partial charge in [0.25, 0.3) is 0 Å². The van der Waals surface area contributed by atoms with E-state index in [1.807, 2.05) is 6.07 Å². The van der Waals surface area contributed by atoms with E-state index in [1.165, 1.54) is 11.4 Å². The van der Waals surface area contributed by atoms with E-state index in [0.717, 1.165) is 21.2 Å². The lowest BCUT2D eigenvalue weighted by Crippen LogP contribution is -2.40. The number of rotatable bonds is 4. The van der Waals surface area contributed by atoms with Gasteiger partial charge in [-0.2, -0.15) is 0 Å². The Balaban J connectivity index is 1.86. The number of hydrogen-bond acceptors (Lipinski definition) is 4. The van der Waals surface area contributed by atoms with Crippen LogP contribution in [0.3, 0.4) is 0 Å². The summed E-state index contributed by atoms with van der Waals surface area (Å²) in [6.45, 7) is 16.1. The van der Waals surface area contributed by atoms with Crippen molar-refractivity contribution in [2.75, 3.05) is 0 Å². The molecule has 25 heavy (non-hydrogen) atoms. The maximum atomic E-state index is 6.30. The molecule has 3 aromatic heterocycles. The molecule has 0 saturated heterocycles. The normalized spacial score (nSPS) is 12.9. The maximum absolute atomic E-state index is 6.30. The van der Waals surface area contributed by atoms with Crippen LogP contribution in [-0.2, 0) is 11.0 Å². The standard InChI is InChI=1S/C19H27N3OSSi/c1-13-8-9-14(2)22(13)18-21-16-11-10-15(20-17(16)24-18)12-23-25(6,7)19(3,4)5/h8-11H,12H2,1-7H3. The molecule has 6 heteroatoms. The van der Waals surface area contributed by atoms with Crippen LogP contribution in [0.5, 0.6) is 0 Å². The van der Waals surface area contributed by atoms with Crippen molar-refractivity contribution in [2.45, 2.75) is 59.4 Å². The van der Waals surface area contributed by atoms with Gasteiger partial charge in [-0.1, -0.05) is 32.1 Å². The molecule has 0 unspecified atom stereocenters. The Morgan fingerprint density at radius 1 is 1.04 bits per heavy atom. The summed E-state index contributed by atoms with van der Waals surface area (Å²) < 4.78 is 8.48. The number of fused-ring (bicyclic) bond motifs is 1. The molecule has 0 N–H and O–H groups in total. The van der Waals surface area contributed by atoms with E-state index in [9.17, 15) is 0 Å². The summed E-state index contributed by atoms with van der Waals surface area (Å²) in [6, 6.07) is 8.33. The van der Waals surface area contributed by atoms with Crippen molar-refractivity contribution in [1.82, 2.24) is 14.5 Å². The third-order valence-electron chi connectivity index (χ3n) is 5.15. The predicted molar refractivity (Wildman–Crippen MR) is 108 cm³/mol. The molecule has 0 spiro atoms. The van der Waals surface area contributed by atoms with Crippen LogP contribution in [0.4, 0.5) is 0 Å². The second-order valence-corrected chi connectivity index (χ2v) is 13.9.